The maximum atomic E-state index is 12.7. The first-order valence-corrected chi connectivity index (χ1v) is 8.53. The number of carbonyl (C=O) groups is 1. The standard InChI is InChI=1S/C20H17N5O3/c1-11-7-3-4-8-12(11)18-22-15(17(21)26)16-19(24-18)25(20(27)23-16)13-9-5-6-10-14(13)28-2/h3-10H,1-2H3,(H2,21,26)(H,23,27). The van der Waals surface area contributed by atoms with Crippen molar-refractivity contribution < 1.29 is 9.53 Å². The van der Waals surface area contributed by atoms with Gasteiger partial charge in [-0.15, -0.1) is 0 Å². The number of hydrogen-bond acceptors (Lipinski definition) is 5. The van der Waals surface area contributed by atoms with E-state index < -0.39 is 11.6 Å². The van der Waals surface area contributed by atoms with Crippen LogP contribution in [-0.4, -0.2) is 32.5 Å². The molecule has 140 valence electrons. The number of imidazole rings is 1. The zero-order valence-corrected chi connectivity index (χ0v) is 15.3. The number of carbonyl (C=O) groups excluding carboxylic acids is 1. The maximum Gasteiger partial charge on any atom is 0.332 e. The molecule has 0 aliphatic carbocycles. The van der Waals surface area contributed by atoms with Crippen molar-refractivity contribution in [3.05, 3.63) is 70.3 Å². The van der Waals surface area contributed by atoms with E-state index in [0.717, 1.165) is 11.1 Å². The predicted molar refractivity (Wildman–Crippen MR) is 105 cm³/mol. The molecular formula is C20H17N5O3. The lowest BCUT2D eigenvalue weighted by Gasteiger charge is -2.10. The summed E-state index contributed by atoms with van der Waals surface area (Å²) in [5, 5.41) is 0. The molecule has 0 aliphatic rings. The molecule has 8 heteroatoms. The Bertz CT molecular complexity index is 1270. The van der Waals surface area contributed by atoms with Crippen LogP contribution in [0.4, 0.5) is 0 Å². The third-order valence-corrected chi connectivity index (χ3v) is 4.48. The summed E-state index contributed by atoms with van der Waals surface area (Å²) in [5.41, 5.74) is 7.60. The fraction of sp³-hybridized carbons (Fsp3) is 0.100. The van der Waals surface area contributed by atoms with Crippen molar-refractivity contribution in [3.8, 4) is 22.8 Å². The SMILES string of the molecule is COc1ccccc1-n1c(=O)[nH]c2c(C(N)=O)nc(-c3ccccc3C)nc21. The molecule has 0 radical (unpaired) electrons. The third kappa shape index (κ3) is 2.71. The molecule has 0 fully saturated rings. The first kappa shape index (κ1) is 17.5. The summed E-state index contributed by atoms with van der Waals surface area (Å²) in [6.45, 7) is 1.91. The van der Waals surface area contributed by atoms with E-state index in [-0.39, 0.29) is 16.9 Å². The van der Waals surface area contributed by atoms with Crippen LogP contribution in [0.1, 0.15) is 16.1 Å². The van der Waals surface area contributed by atoms with Gasteiger partial charge in [0, 0.05) is 5.56 Å². The summed E-state index contributed by atoms with van der Waals surface area (Å²) < 4.78 is 6.73. The number of ether oxygens (including phenoxy) is 1. The lowest BCUT2D eigenvalue weighted by atomic mass is 10.1. The fourth-order valence-corrected chi connectivity index (χ4v) is 3.15. The number of benzene rings is 2. The monoisotopic (exact) mass is 375 g/mol. The van der Waals surface area contributed by atoms with Crippen LogP contribution in [0, 0.1) is 6.92 Å². The van der Waals surface area contributed by atoms with Gasteiger partial charge in [0.15, 0.2) is 17.2 Å². The minimum atomic E-state index is -0.754. The molecule has 8 nitrogen and oxygen atoms in total. The molecule has 28 heavy (non-hydrogen) atoms. The van der Waals surface area contributed by atoms with E-state index in [1.807, 2.05) is 31.2 Å². The lowest BCUT2D eigenvalue weighted by Crippen LogP contribution is -2.16. The average molecular weight is 375 g/mol. The van der Waals surface area contributed by atoms with Crippen LogP contribution in [0.5, 0.6) is 5.75 Å². The van der Waals surface area contributed by atoms with Crippen molar-refractivity contribution in [2.24, 2.45) is 5.73 Å². The first-order chi connectivity index (χ1) is 13.5. The normalized spacial score (nSPS) is 10.9. The predicted octanol–water partition coefficient (Wildman–Crippen LogP) is 2.19. The number of para-hydroxylation sites is 2. The summed E-state index contributed by atoms with van der Waals surface area (Å²) in [4.78, 5) is 36.3. The van der Waals surface area contributed by atoms with Gasteiger partial charge in [-0.3, -0.25) is 4.79 Å². The second-order valence-electron chi connectivity index (χ2n) is 6.21. The smallest absolute Gasteiger partial charge is 0.332 e. The highest BCUT2D eigenvalue weighted by atomic mass is 16.5. The van der Waals surface area contributed by atoms with Crippen molar-refractivity contribution >= 4 is 17.1 Å². The fourth-order valence-electron chi connectivity index (χ4n) is 3.15. The van der Waals surface area contributed by atoms with Gasteiger partial charge in [0.2, 0.25) is 0 Å². The van der Waals surface area contributed by atoms with Crippen LogP contribution in [0.15, 0.2) is 53.3 Å². The Labute approximate surface area is 159 Å². The molecule has 3 N–H and O–H groups in total. The molecule has 2 heterocycles. The minimum Gasteiger partial charge on any atom is -0.495 e. The van der Waals surface area contributed by atoms with E-state index in [4.69, 9.17) is 10.5 Å². The molecule has 0 unspecified atom stereocenters. The summed E-state index contributed by atoms with van der Waals surface area (Å²) >= 11 is 0. The topological polar surface area (TPSA) is 116 Å². The van der Waals surface area contributed by atoms with Crippen LogP contribution in [0.3, 0.4) is 0 Å². The Morgan fingerprint density at radius 2 is 1.82 bits per heavy atom. The molecular weight excluding hydrogens is 358 g/mol. The molecule has 0 bridgehead atoms. The van der Waals surface area contributed by atoms with E-state index in [2.05, 4.69) is 15.0 Å². The molecule has 2 aromatic heterocycles. The highest BCUT2D eigenvalue weighted by molar-refractivity contribution is 6.02. The summed E-state index contributed by atoms with van der Waals surface area (Å²) in [7, 11) is 1.52. The Morgan fingerprint density at radius 3 is 2.54 bits per heavy atom. The van der Waals surface area contributed by atoms with Gasteiger partial charge in [-0.25, -0.2) is 19.3 Å². The number of nitrogens with one attached hydrogen (secondary N) is 1. The van der Waals surface area contributed by atoms with Gasteiger partial charge in [-0.2, -0.15) is 0 Å². The Kier molecular flexibility index (Phi) is 4.15. The second-order valence-corrected chi connectivity index (χ2v) is 6.21. The number of aromatic nitrogens is 4. The number of aryl methyl sites for hydroxylation is 1. The van der Waals surface area contributed by atoms with Gasteiger partial charge < -0.3 is 15.5 Å². The van der Waals surface area contributed by atoms with Gasteiger partial charge >= 0.3 is 5.69 Å². The van der Waals surface area contributed by atoms with Crippen LogP contribution >= 0.6 is 0 Å². The van der Waals surface area contributed by atoms with Crippen LogP contribution in [0.2, 0.25) is 0 Å². The zero-order valence-electron chi connectivity index (χ0n) is 15.3. The quantitative estimate of drug-likeness (QED) is 0.567. The number of fused-ring (bicyclic) bond motifs is 1. The van der Waals surface area contributed by atoms with E-state index in [1.165, 1.54) is 11.7 Å². The zero-order chi connectivity index (χ0) is 19.8. The largest absolute Gasteiger partial charge is 0.495 e. The Morgan fingerprint density at radius 1 is 1.11 bits per heavy atom. The van der Waals surface area contributed by atoms with E-state index in [9.17, 15) is 9.59 Å². The van der Waals surface area contributed by atoms with Crippen LogP contribution < -0.4 is 16.2 Å². The van der Waals surface area contributed by atoms with Gasteiger partial charge in [-0.05, 0) is 24.6 Å². The molecule has 4 rings (SSSR count). The number of rotatable bonds is 4. The van der Waals surface area contributed by atoms with Crippen molar-refractivity contribution in [3.63, 3.8) is 0 Å². The van der Waals surface area contributed by atoms with Gasteiger partial charge in [0.05, 0.1) is 12.8 Å². The van der Waals surface area contributed by atoms with E-state index >= 15 is 0 Å². The second kappa shape index (κ2) is 6.66. The minimum absolute atomic E-state index is 0.0472. The molecule has 1 amide bonds. The van der Waals surface area contributed by atoms with Crippen molar-refractivity contribution in [1.29, 1.82) is 0 Å². The molecule has 0 aliphatic heterocycles. The van der Waals surface area contributed by atoms with Crippen molar-refractivity contribution in [2.45, 2.75) is 6.92 Å². The van der Waals surface area contributed by atoms with Crippen molar-refractivity contribution in [2.75, 3.05) is 7.11 Å². The number of H-pyrrole nitrogens is 1. The number of methoxy groups -OCH3 is 1. The highest BCUT2D eigenvalue weighted by Gasteiger charge is 2.21. The molecule has 0 spiro atoms. The first-order valence-electron chi connectivity index (χ1n) is 8.53. The maximum absolute atomic E-state index is 12.7. The Hall–Kier alpha value is -3.94. The Balaban J connectivity index is 2.11. The third-order valence-electron chi connectivity index (χ3n) is 4.48. The number of aromatic amines is 1. The molecule has 2 aromatic carbocycles. The lowest BCUT2D eigenvalue weighted by molar-refractivity contribution is 0.0997. The number of amides is 1. The van der Waals surface area contributed by atoms with Crippen molar-refractivity contribution in [1.82, 2.24) is 19.5 Å². The molecule has 4 aromatic rings. The number of primary amides is 1. The van der Waals surface area contributed by atoms with E-state index in [1.54, 1.807) is 24.3 Å². The highest BCUT2D eigenvalue weighted by Crippen LogP contribution is 2.27. The van der Waals surface area contributed by atoms with Gasteiger partial charge in [0.1, 0.15) is 11.3 Å². The average Bonchev–Trinajstić information content (AvgIpc) is 3.02. The summed E-state index contributed by atoms with van der Waals surface area (Å²) in [6, 6.07) is 14.5. The van der Waals surface area contributed by atoms with E-state index in [0.29, 0.717) is 17.3 Å². The number of nitrogens with zero attached hydrogens (tertiary/aromatic N) is 3. The molecule has 0 saturated heterocycles. The van der Waals surface area contributed by atoms with Crippen LogP contribution in [-0.2, 0) is 0 Å². The van der Waals surface area contributed by atoms with Crippen LogP contribution in [0.25, 0.3) is 28.2 Å². The summed E-state index contributed by atoms with van der Waals surface area (Å²) in [5.74, 6) is 0.0416. The van der Waals surface area contributed by atoms with Gasteiger partial charge in [-0.1, -0.05) is 36.4 Å². The molecule has 0 atom stereocenters. The summed E-state index contributed by atoms with van der Waals surface area (Å²) in [6.07, 6.45) is 0. The number of hydrogen-bond donors (Lipinski definition) is 2. The number of nitrogens with two attached hydrogens (primary N) is 1. The van der Waals surface area contributed by atoms with Gasteiger partial charge in [0.25, 0.3) is 5.91 Å². The molecule has 0 saturated carbocycles.